The molecule has 0 radical (unpaired) electrons. The van der Waals surface area contributed by atoms with Gasteiger partial charge in [-0.05, 0) is 120 Å². The number of hydrogen-bond acceptors (Lipinski definition) is 10. The maximum atomic E-state index is 14.0. The molecule has 6 unspecified atom stereocenters. The zero-order valence-corrected chi connectivity index (χ0v) is 41.5. The largest absolute Gasteiger partial charge is 0.392 e. The second-order valence-corrected chi connectivity index (χ2v) is 20.8. The van der Waals surface area contributed by atoms with Gasteiger partial charge in [0.25, 0.3) is 0 Å². The average molecular weight is 995 g/mol. The van der Waals surface area contributed by atoms with Gasteiger partial charge in [0.05, 0.1) is 48.0 Å². The van der Waals surface area contributed by atoms with Crippen LogP contribution in [0.2, 0.25) is 0 Å². The number of nitrogens with zero attached hydrogens (tertiary/aromatic N) is 2. The number of sulfone groups is 1. The average Bonchev–Trinajstić information content (AvgIpc) is 3.42. The van der Waals surface area contributed by atoms with Crippen LogP contribution in [0.3, 0.4) is 0 Å². The third-order valence-electron chi connectivity index (χ3n) is 13.8. The number of β-lactam (4-membered cyclic amide) rings is 1. The summed E-state index contributed by atoms with van der Waals surface area (Å²) in [6.45, 7) is 3.75. The van der Waals surface area contributed by atoms with Crippen LogP contribution < -0.4 is 20.4 Å². The minimum Gasteiger partial charge on any atom is -0.392 e. The summed E-state index contributed by atoms with van der Waals surface area (Å²) in [5.74, 6) is -3.08. The molecule has 2 aliphatic rings. The molecule has 13 nitrogen and oxygen atoms in total. The zero-order valence-electron chi connectivity index (χ0n) is 40.7. The molecule has 0 bridgehead atoms. The highest BCUT2D eigenvalue weighted by Gasteiger charge is 2.50. The molecule has 1 saturated heterocycles. The lowest BCUT2D eigenvalue weighted by Crippen LogP contribution is -2.55. The van der Waals surface area contributed by atoms with Crippen molar-refractivity contribution in [1.29, 1.82) is 0 Å². The molecule has 3 amide bonds. The third-order valence-corrected chi connectivity index (χ3v) is 15.8. The number of rotatable bonds is 22. The van der Waals surface area contributed by atoms with Gasteiger partial charge < -0.3 is 40.1 Å². The van der Waals surface area contributed by atoms with Crippen LogP contribution in [0, 0.1) is 23.0 Å². The number of amides is 3. The molecule has 378 valence electrons. The first-order valence-corrected chi connectivity index (χ1v) is 25.8. The number of benzene rings is 5. The van der Waals surface area contributed by atoms with Crippen molar-refractivity contribution in [3.8, 4) is 0 Å². The zero-order chi connectivity index (χ0) is 50.9. The standard InChI is InChI=1S/C55H64F2N4O9S/c1-5-7-27-55(6-2)35-71(67,68)48-26-23-44(60(3)4)31-46(48)51(53(55)65)39-9-8-10-42(30-39)59-50(64)34-70-29-28-69-33-49(63)58-32-36-11-13-38(14-12-36)52-45(24-25-47(62)37-15-17-40(56)18-16-37)54(66)61(52)43-21-19-41(57)20-22-43/h8-23,26,30-31,45,47,51-53,62,65H,5-7,24-25,27-29,32-35H2,1-4H3,(H,58,63)(H,59,64). The van der Waals surface area contributed by atoms with E-state index in [0.29, 0.717) is 47.3 Å². The van der Waals surface area contributed by atoms with E-state index in [1.165, 1.54) is 36.4 Å². The molecule has 2 heterocycles. The first kappa shape index (κ1) is 52.8. The minimum atomic E-state index is -3.76. The van der Waals surface area contributed by atoms with Crippen molar-refractivity contribution >= 4 is 44.6 Å². The van der Waals surface area contributed by atoms with E-state index in [1.807, 2.05) is 69.2 Å². The van der Waals surface area contributed by atoms with Crippen molar-refractivity contribution in [2.75, 3.05) is 61.4 Å². The van der Waals surface area contributed by atoms with Gasteiger partial charge in [0.1, 0.15) is 24.8 Å². The fraction of sp³-hybridized carbons (Fsp3) is 0.400. The van der Waals surface area contributed by atoms with E-state index in [2.05, 4.69) is 10.6 Å². The van der Waals surface area contributed by atoms with Gasteiger partial charge in [0.2, 0.25) is 17.7 Å². The number of unbranched alkanes of at least 4 members (excludes halogenated alkanes) is 1. The molecular weight excluding hydrogens is 931 g/mol. The number of ether oxygens (including phenoxy) is 2. The summed E-state index contributed by atoms with van der Waals surface area (Å²) in [7, 11) is -0.00485. The van der Waals surface area contributed by atoms with Crippen molar-refractivity contribution in [1.82, 2.24) is 5.32 Å². The van der Waals surface area contributed by atoms with E-state index in [9.17, 15) is 41.8 Å². The number of fused-ring (bicyclic) bond motifs is 1. The summed E-state index contributed by atoms with van der Waals surface area (Å²) in [4.78, 5) is 42.9. The van der Waals surface area contributed by atoms with Gasteiger partial charge in [0, 0.05) is 49.0 Å². The van der Waals surface area contributed by atoms with Crippen molar-refractivity contribution < 1.29 is 51.3 Å². The lowest BCUT2D eigenvalue weighted by molar-refractivity contribution is -0.131. The summed E-state index contributed by atoms with van der Waals surface area (Å²) < 4.78 is 66.4. The highest BCUT2D eigenvalue weighted by Crippen LogP contribution is 2.50. The van der Waals surface area contributed by atoms with Crippen LogP contribution >= 0.6 is 0 Å². The van der Waals surface area contributed by atoms with Crippen LogP contribution in [0.5, 0.6) is 0 Å². The fourth-order valence-corrected chi connectivity index (χ4v) is 12.1. The Morgan fingerprint density at radius 2 is 1.52 bits per heavy atom. The maximum absolute atomic E-state index is 14.0. The summed E-state index contributed by atoms with van der Waals surface area (Å²) in [5, 5.41) is 28.8. The molecule has 6 atom stereocenters. The fourth-order valence-electron chi connectivity index (χ4n) is 9.83. The number of halogens is 2. The van der Waals surface area contributed by atoms with Crippen LogP contribution in [0.1, 0.15) is 98.3 Å². The number of carbonyl (C=O) groups excluding carboxylic acids is 3. The molecular formula is C55H64F2N4O9S. The van der Waals surface area contributed by atoms with E-state index in [4.69, 9.17) is 9.47 Å². The van der Waals surface area contributed by atoms with Crippen LogP contribution in [-0.2, 0) is 40.2 Å². The van der Waals surface area contributed by atoms with Gasteiger partial charge in [0.15, 0.2) is 9.84 Å². The monoisotopic (exact) mass is 994 g/mol. The summed E-state index contributed by atoms with van der Waals surface area (Å²) in [5.41, 5.74) is 4.31. The smallest absolute Gasteiger partial charge is 0.250 e. The number of aliphatic hydroxyl groups is 2. The van der Waals surface area contributed by atoms with Crippen LogP contribution in [0.4, 0.5) is 25.8 Å². The quantitative estimate of drug-likeness (QED) is 0.0390. The summed E-state index contributed by atoms with van der Waals surface area (Å²) in [6, 6.07) is 30.8. The number of hydrogen-bond donors (Lipinski definition) is 4. The Kier molecular flexibility index (Phi) is 17.4. The van der Waals surface area contributed by atoms with Crippen LogP contribution in [0.15, 0.2) is 120 Å². The molecule has 5 aromatic rings. The molecule has 16 heteroatoms. The van der Waals surface area contributed by atoms with Gasteiger partial charge in [-0.1, -0.05) is 75.2 Å². The molecule has 0 saturated carbocycles. The van der Waals surface area contributed by atoms with E-state index in [0.717, 1.165) is 29.7 Å². The van der Waals surface area contributed by atoms with Gasteiger partial charge in [-0.2, -0.15) is 0 Å². The molecule has 1 fully saturated rings. The first-order chi connectivity index (χ1) is 34.0. The van der Waals surface area contributed by atoms with Gasteiger partial charge >= 0.3 is 0 Å². The number of carbonyl (C=O) groups is 3. The molecule has 2 aliphatic heterocycles. The van der Waals surface area contributed by atoms with Crippen LogP contribution in [-0.4, -0.2) is 88.7 Å². The van der Waals surface area contributed by atoms with E-state index in [-0.39, 0.29) is 67.9 Å². The van der Waals surface area contributed by atoms with Crippen molar-refractivity contribution in [3.63, 3.8) is 0 Å². The predicted molar refractivity (Wildman–Crippen MR) is 269 cm³/mol. The van der Waals surface area contributed by atoms with Gasteiger partial charge in [-0.15, -0.1) is 0 Å². The summed E-state index contributed by atoms with van der Waals surface area (Å²) in [6.07, 6.45) is 1.39. The Hall–Kier alpha value is -6.04. The third kappa shape index (κ3) is 12.5. The molecule has 0 aliphatic carbocycles. The minimum absolute atomic E-state index is 0.0393. The molecule has 0 spiro atoms. The molecule has 5 aromatic carbocycles. The van der Waals surface area contributed by atoms with Gasteiger partial charge in [-0.25, -0.2) is 17.2 Å². The van der Waals surface area contributed by atoms with Crippen molar-refractivity contribution in [3.05, 3.63) is 155 Å². The lowest BCUT2D eigenvalue weighted by Gasteiger charge is -2.48. The Morgan fingerprint density at radius 1 is 0.859 bits per heavy atom. The molecule has 0 aromatic heterocycles. The van der Waals surface area contributed by atoms with E-state index < -0.39 is 56.8 Å². The SMILES string of the molecule is CCCCC1(CC)CS(=O)(=O)c2ccc(N(C)C)cc2C(c2cccc(NC(=O)COCCOCC(=O)NCc3ccc(C4C(CCC(O)c5ccc(F)cc5)C(=O)N4c4ccc(F)cc4)cc3)c2)C1O. The Morgan fingerprint density at radius 3 is 2.17 bits per heavy atom. The Balaban J connectivity index is 0.885. The van der Waals surface area contributed by atoms with E-state index >= 15 is 0 Å². The van der Waals surface area contributed by atoms with Crippen molar-refractivity contribution in [2.24, 2.45) is 11.3 Å². The normalized spacial score (nSPS) is 20.8. The molecule has 4 N–H and O–H groups in total. The van der Waals surface area contributed by atoms with Crippen LogP contribution in [0.25, 0.3) is 0 Å². The maximum Gasteiger partial charge on any atom is 0.250 e. The first-order valence-electron chi connectivity index (χ1n) is 24.2. The number of aliphatic hydroxyl groups excluding tert-OH is 2. The van der Waals surface area contributed by atoms with Gasteiger partial charge in [-0.3, -0.25) is 14.4 Å². The predicted octanol–water partition coefficient (Wildman–Crippen LogP) is 8.40. The number of anilines is 3. The Labute approximate surface area is 415 Å². The lowest BCUT2D eigenvalue weighted by atomic mass is 9.69. The van der Waals surface area contributed by atoms with E-state index in [1.54, 1.807) is 47.4 Å². The second kappa shape index (κ2) is 23.5. The highest BCUT2D eigenvalue weighted by molar-refractivity contribution is 7.91. The summed E-state index contributed by atoms with van der Waals surface area (Å²) >= 11 is 0. The molecule has 7 rings (SSSR count). The highest BCUT2D eigenvalue weighted by atomic mass is 32.2. The topological polar surface area (TPSA) is 175 Å². The molecule has 71 heavy (non-hydrogen) atoms. The Bertz CT molecular complexity index is 2740. The number of nitrogens with one attached hydrogen (secondary N) is 2. The second-order valence-electron chi connectivity index (χ2n) is 18.8. The van der Waals surface area contributed by atoms with Crippen molar-refractivity contribution in [2.45, 2.75) is 88.0 Å².